The SMILES string of the molecule is COCCCCOc1ccc([C@@H]2[C@@H](OCc3ccc4c(c3)N(CCCOC)CCO4)CN(C(=O)[C@@H](N)CC(C)C)C[C@H]2OC[C@@H](C)O)cc1. The van der Waals surface area contributed by atoms with E-state index in [0.29, 0.717) is 52.5 Å². The highest BCUT2D eigenvalue weighted by Crippen LogP contribution is 2.36. The summed E-state index contributed by atoms with van der Waals surface area (Å²) in [5.74, 6) is 1.63. The molecule has 0 saturated carbocycles. The summed E-state index contributed by atoms with van der Waals surface area (Å²) in [6, 6.07) is 13.6. The van der Waals surface area contributed by atoms with E-state index < -0.39 is 24.4 Å². The molecular weight excluding hydrogens is 626 g/mol. The Hall–Kier alpha value is -2.93. The van der Waals surface area contributed by atoms with Crippen LogP contribution in [0.15, 0.2) is 42.5 Å². The van der Waals surface area contributed by atoms with Gasteiger partial charge in [-0.3, -0.25) is 4.79 Å². The average Bonchev–Trinajstić information content (AvgIpc) is 3.09. The number of anilines is 1. The topological polar surface area (TPSA) is 125 Å². The number of nitrogens with zero attached hydrogens (tertiary/aromatic N) is 2. The van der Waals surface area contributed by atoms with E-state index in [0.717, 1.165) is 60.7 Å². The lowest BCUT2D eigenvalue weighted by Crippen LogP contribution is -2.57. The van der Waals surface area contributed by atoms with Crippen LogP contribution in [-0.2, 0) is 30.3 Å². The Balaban J connectivity index is 1.58. The molecule has 4 rings (SSSR count). The minimum atomic E-state index is -0.660. The van der Waals surface area contributed by atoms with E-state index in [1.165, 1.54) is 0 Å². The van der Waals surface area contributed by atoms with E-state index in [4.69, 9.17) is 34.2 Å². The van der Waals surface area contributed by atoms with Crippen molar-refractivity contribution in [2.24, 2.45) is 11.7 Å². The largest absolute Gasteiger partial charge is 0.494 e. The first-order valence-corrected chi connectivity index (χ1v) is 17.9. The van der Waals surface area contributed by atoms with E-state index in [2.05, 4.69) is 36.9 Å². The maximum absolute atomic E-state index is 13.7. The first-order chi connectivity index (χ1) is 23.7. The molecule has 2 aromatic carbocycles. The number of piperidine rings is 1. The molecule has 5 atom stereocenters. The van der Waals surface area contributed by atoms with Gasteiger partial charge in [-0.2, -0.15) is 0 Å². The third-order valence-electron chi connectivity index (χ3n) is 9.01. The smallest absolute Gasteiger partial charge is 0.239 e. The van der Waals surface area contributed by atoms with Crippen LogP contribution in [0.3, 0.4) is 0 Å². The van der Waals surface area contributed by atoms with Gasteiger partial charge in [0.2, 0.25) is 5.91 Å². The van der Waals surface area contributed by atoms with Gasteiger partial charge in [0.05, 0.1) is 56.4 Å². The van der Waals surface area contributed by atoms with Gasteiger partial charge in [0, 0.05) is 53.0 Å². The first kappa shape index (κ1) is 38.9. The number of methoxy groups -OCH3 is 2. The zero-order valence-corrected chi connectivity index (χ0v) is 30.2. The van der Waals surface area contributed by atoms with Crippen molar-refractivity contribution >= 4 is 11.6 Å². The van der Waals surface area contributed by atoms with E-state index in [9.17, 15) is 9.90 Å². The van der Waals surface area contributed by atoms with Crippen molar-refractivity contribution in [3.05, 3.63) is 53.6 Å². The molecule has 0 bridgehead atoms. The van der Waals surface area contributed by atoms with Crippen LogP contribution < -0.4 is 20.1 Å². The fraction of sp³-hybridized carbons (Fsp3) is 0.658. The molecule has 2 aliphatic rings. The maximum Gasteiger partial charge on any atom is 0.239 e. The number of unbranched alkanes of at least 4 members (excludes halogenated alkanes) is 1. The number of carbonyl (C=O) groups is 1. The number of fused-ring (bicyclic) bond motifs is 1. The zero-order chi connectivity index (χ0) is 35.2. The number of hydrogen-bond donors (Lipinski definition) is 2. The molecule has 3 N–H and O–H groups in total. The van der Waals surface area contributed by atoms with Crippen molar-refractivity contribution < 1.29 is 38.3 Å². The third-order valence-corrected chi connectivity index (χ3v) is 9.01. The molecule has 11 heteroatoms. The van der Waals surface area contributed by atoms with Gasteiger partial charge in [-0.15, -0.1) is 0 Å². The Morgan fingerprint density at radius 1 is 0.959 bits per heavy atom. The predicted octanol–water partition coefficient (Wildman–Crippen LogP) is 4.38. The number of aliphatic hydroxyl groups excluding tert-OH is 1. The molecule has 49 heavy (non-hydrogen) atoms. The second-order valence-corrected chi connectivity index (χ2v) is 13.7. The fourth-order valence-electron chi connectivity index (χ4n) is 6.57. The van der Waals surface area contributed by atoms with E-state index in [-0.39, 0.29) is 24.3 Å². The van der Waals surface area contributed by atoms with Crippen LogP contribution in [0.4, 0.5) is 5.69 Å². The van der Waals surface area contributed by atoms with Gasteiger partial charge >= 0.3 is 0 Å². The lowest BCUT2D eigenvalue weighted by atomic mass is 9.84. The molecule has 2 aromatic rings. The molecule has 11 nitrogen and oxygen atoms in total. The molecule has 0 aromatic heterocycles. The zero-order valence-electron chi connectivity index (χ0n) is 30.2. The monoisotopic (exact) mass is 685 g/mol. The summed E-state index contributed by atoms with van der Waals surface area (Å²) in [5, 5.41) is 10.2. The Morgan fingerprint density at radius 2 is 1.65 bits per heavy atom. The average molecular weight is 686 g/mol. The number of benzene rings is 2. The minimum Gasteiger partial charge on any atom is -0.494 e. The van der Waals surface area contributed by atoms with Crippen molar-refractivity contribution in [2.45, 2.75) is 83.3 Å². The number of hydrogen-bond acceptors (Lipinski definition) is 10. The molecule has 1 amide bonds. The van der Waals surface area contributed by atoms with Gasteiger partial charge in [0.15, 0.2) is 0 Å². The molecule has 0 unspecified atom stereocenters. The Labute approximate surface area is 292 Å². The summed E-state index contributed by atoms with van der Waals surface area (Å²) in [4.78, 5) is 17.8. The van der Waals surface area contributed by atoms with E-state index in [1.807, 2.05) is 24.3 Å². The predicted molar refractivity (Wildman–Crippen MR) is 190 cm³/mol. The normalized spacial score (nSPS) is 20.5. The van der Waals surface area contributed by atoms with Gasteiger partial charge in [-0.1, -0.05) is 32.0 Å². The molecular formula is C38H59N3O8. The standard InChI is InChI=1S/C38H59N3O8/c1-27(2)21-32(39)38(43)41-23-35(48-25-28(3)42)37(30-10-12-31(13-11-30)46-19-7-6-17-44-4)36(24-41)49-26-29-9-14-34-33(22-29)40(16-20-47-34)15-8-18-45-5/h9-14,22,27-28,32,35-37,42H,6-8,15-21,23-26,39H2,1-5H3/t28-,32+,35-,36+,37+/m1/s1. The first-order valence-electron chi connectivity index (χ1n) is 17.9. The van der Waals surface area contributed by atoms with Gasteiger partial charge in [-0.05, 0) is 73.9 Å². The summed E-state index contributed by atoms with van der Waals surface area (Å²) in [5.41, 5.74) is 9.51. The van der Waals surface area contributed by atoms with Gasteiger partial charge < -0.3 is 49.1 Å². The third kappa shape index (κ3) is 11.8. The summed E-state index contributed by atoms with van der Waals surface area (Å²) in [6.45, 7) is 11.4. The molecule has 274 valence electrons. The second kappa shape index (κ2) is 20.1. The molecule has 0 radical (unpaired) electrons. The number of ether oxygens (including phenoxy) is 6. The number of aliphatic hydroxyl groups is 1. The number of nitrogens with two attached hydrogens (primary N) is 1. The van der Waals surface area contributed by atoms with Crippen LogP contribution in [0, 0.1) is 5.92 Å². The van der Waals surface area contributed by atoms with Crippen LogP contribution in [0.25, 0.3) is 0 Å². The number of rotatable bonds is 20. The van der Waals surface area contributed by atoms with Gasteiger partial charge in [0.1, 0.15) is 18.1 Å². The quantitative estimate of drug-likeness (QED) is 0.194. The molecule has 1 saturated heterocycles. The van der Waals surface area contributed by atoms with Crippen LogP contribution in [0.5, 0.6) is 11.5 Å². The van der Waals surface area contributed by atoms with Crippen LogP contribution >= 0.6 is 0 Å². The Bertz CT molecular complexity index is 1260. The Kier molecular flexibility index (Phi) is 15.9. The van der Waals surface area contributed by atoms with Crippen LogP contribution in [-0.4, -0.2) is 114 Å². The molecule has 2 aliphatic heterocycles. The summed E-state index contributed by atoms with van der Waals surface area (Å²) in [7, 11) is 3.43. The second-order valence-electron chi connectivity index (χ2n) is 13.7. The van der Waals surface area contributed by atoms with Crippen molar-refractivity contribution in [1.82, 2.24) is 4.90 Å². The van der Waals surface area contributed by atoms with Crippen molar-refractivity contribution in [3.8, 4) is 11.5 Å². The molecule has 0 aliphatic carbocycles. The van der Waals surface area contributed by atoms with Crippen LogP contribution in [0.1, 0.15) is 63.5 Å². The van der Waals surface area contributed by atoms with Crippen molar-refractivity contribution in [3.63, 3.8) is 0 Å². The highest BCUT2D eigenvalue weighted by molar-refractivity contribution is 5.82. The van der Waals surface area contributed by atoms with Gasteiger partial charge in [0.25, 0.3) is 0 Å². The maximum atomic E-state index is 13.7. The lowest BCUT2D eigenvalue weighted by Gasteiger charge is -2.44. The molecule has 1 fully saturated rings. The summed E-state index contributed by atoms with van der Waals surface area (Å²) < 4.78 is 35.5. The van der Waals surface area contributed by atoms with Crippen LogP contribution in [0.2, 0.25) is 0 Å². The number of carbonyl (C=O) groups excluding carboxylic acids is 1. The fourth-order valence-corrected chi connectivity index (χ4v) is 6.57. The highest BCUT2D eigenvalue weighted by Gasteiger charge is 2.42. The highest BCUT2D eigenvalue weighted by atomic mass is 16.5. The summed E-state index contributed by atoms with van der Waals surface area (Å²) >= 11 is 0. The lowest BCUT2D eigenvalue weighted by molar-refractivity contribution is -0.149. The van der Waals surface area contributed by atoms with Crippen molar-refractivity contribution in [2.75, 3.05) is 78.3 Å². The molecule has 2 heterocycles. The number of likely N-dealkylation sites (tertiary alicyclic amines) is 1. The Morgan fingerprint density at radius 3 is 2.35 bits per heavy atom. The molecule has 0 spiro atoms. The van der Waals surface area contributed by atoms with Gasteiger partial charge in [-0.25, -0.2) is 0 Å². The minimum absolute atomic E-state index is 0.110. The van der Waals surface area contributed by atoms with E-state index in [1.54, 1.807) is 26.0 Å². The van der Waals surface area contributed by atoms with E-state index >= 15 is 0 Å². The summed E-state index contributed by atoms with van der Waals surface area (Å²) in [6.07, 6.45) is 1.89. The van der Waals surface area contributed by atoms with Crippen molar-refractivity contribution in [1.29, 1.82) is 0 Å². The number of amides is 1.